The molecule has 2 aromatic carbocycles. The van der Waals surface area contributed by atoms with Crippen molar-refractivity contribution in [2.24, 2.45) is 0 Å². The fourth-order valence-corrected chi connectivity index (χ4v) is 2.40. The third kappa shape index (κ3) is 5.39. The van der Waals surface area contributed by atoms with Gasteiger partial charge in [-0.3, -0.25) is 9.59 Å². The molecule has 1 atom stereocenters. The van der Waals surface area contributed by atoms with Gasteiger partial charge in [0.15, 0.2) is 0 Å². The lowest BCUT2D eigenvalue weighted by Gasteiger charge is -2.17. The van der Waals surface area contributed by atoms with Gasteiger partial charge in [-0.25, -0.2) is 0 Å². The zero-order chi connectivity index (χ0) is 18.4. The standard InChI is InChI=1S/C18H20ClN3O3/c1-11(20-14-5-4-6-15(10-14)21-12(2)23)18(24)22-16-9-13(19)7-8-17(16)25-3/h4-11,20H,1-3H3,(H,21,23)(H,22,24). The molecular weight excluding hydrogens is 342 g/mol. The van der Waals surface area contributed by atoms with Crippen LogP contribution in [0, 0.1) is 0 Å². The monoisotopic (exact) mass is 361 g/mol. The van der Waals surface area contributed by atoms with Gasteiger partial charge in [0, 0.05) is 23.3 Å². The molecule has 0 heterocycles. The minimum absolute atomic E-state index is 0.156. The minimum Gasteiger partial charge on any atom is -0.495 e. The summed E-state index contributed by atoms with van der Waals surface area (Å²) in [5.41, 5.74) is 1.87. The number of methoxy groups -OCH3 is 1. The van der Waals surface area contributed by atoms with E-state index in [0.717, 1.165) is 0 Å². The molecule has 0 aliphatic rings. The zero-order valence-corrected chi connectivity index (χ0v) is 15.0. The third-order valence-electron chi connectivity index (χ3n) is 3.38. The van der Waals surface area contributed by atoms with E-state index in [1.165, 1.54) is 14.0 Å². The van der Waals surface area contributed by atoms with Crippen LogP contribution in [0.15, 0.2) is 42.5 Å². The Morgan fingerprint density at radius 1 is 1.08 bits per heavy atom. The molecule has 7 heteroatoms. The van der Waals surface area contributed by atoms with Gasteiger partial charge in [-0.1, -0.05) is 17.7 Å². The van der Waals surface area contributed by atoms with Crippen molar-refractivity contribution in [1.29, 1.82) is 0 Å². The lowest BCUT2D eigenvalue weighted by Crippen LogP contribution is -2.32. The van der Waals surface area contributed by atoms with Crippen LogP contribution in [0.25, 0.3) is 0 Å². The highest BCUT2D eigenvalue weighted by Gasteiger charge is 2.15. The number of ether oxygens (including phenoxy) is 1. The molecule has 0 saturated heterocycles. The summed E-state index contributed by atoms with van der Waals surface area (Å²) in [5.74, 6) is 0.124. The Morgan fingerprint density at radius 2 is 1.80 bits per heavy atom. The van der Waals surface area contributed by atoms with E-state index in [9.17, 15) is 9.59 Å². The Bertz CT molecular complexity index is 780. The quantitative estimate of drug-likeness (QED) is 0.732. The average molecular weight is 362 g/mol. The maximum atomic E-state index is 12.4. The average Bonchev–Trinajstić information content (AvgIpc) is 2.54. The number of halogens is 1. The van der Waals surface area contributed by atoms with Crippen molar-refractivity contribution in [3.05, 3.63) is 47.5 Å². The van der Waals surface area contributed by atoms with E-state index in [1.54, 1.807) is 43.3 Å². The number of amides is 2. The number of anilines is 3. The minimum atomic E-state index is -0.517. The Labute approximate surface area is 151 Å². The summed E-state index contributed by atoms with van der Waals surface area (Å²) in [6.45, 7) is 3.17. The highest BCUT2D eigenvalue weighted by atomic mass is 35.5. The molecule has 0 aliphatic heterocycles. The van der Waals surface area contributed by atoms with Crippen molar-refractivity contribution in [2.75, 3.05) is 23.1 Å². The Kier molecular flexibility index (Phi) is 6.25. The fraction of sp³-hybridized carbons (Fsp3) is 0.222. The summed E-state index contributed by atoms with van der Waals surface area (Å²) in [6.07, 6.45) is 0. The summed E-state index contributed by atoms with van der Waals surface area (Å²) in [7, 11) is 1.52. The summed E-state index contributed by atoms with van der Waals surface area (Å²) < 4.78 is 5.22. The molecule has 0 radical (unpaired) electrons. The first-order valence-electron chi connectivity index (χ1n) is 7.67. The molecule has 25 heavy (non-hydrogen) atoms. The molecule has 0 bridgehead atoms. The lowest BCUT2D eigenvalue weighted by molar-refractivity contribution is -0.116. The Balaban J connectivity index is 2.06. The fourth-order valence-electron chi connectivity index (χ4n) is 2.22. The van der Waals surface area contributed by atoms with Crippen LogP contribution in [0.5, 0.6) is 5.75 Å². The highest BCUT2D eigenvalue weighted by molar-refractivity contribution is 6.31. The molecule has 3 N–H and O–H groups in total. The number of hydrogen-bond acceptors (Lipinski definition) is 4. The number of hydrogen-bond donors (Lipinski definition) is 3. The molecular formula is C18H20ClN3O3. The molecule has 1 unspecified atom stereocenters. The van der Waals surface area contributed by atoms with E-state index < -0.39 is 6.04 Å². The summed E-state index contributed by atoms with van der Waals surface area (Å²) in [6, 6.07) is 11.6. The van der Waals surface area contributed by atoms with E-state index in [4.69, 9.17) is 16.3 Å². The van der Waals surface area contributed by atoms with E-state index >= 15 is 0 Å². The molecule has 0 spiro atoms. The van der Waals surface area contributed by atoms with Crippen LogP contribution in [0.4, 0.5) is 17.1 Å². The predicted molar refractivity (Wildman–Crippen MR) is 100 cm³/mol. The lowest BCUT2D eigenvalue weighted by atomic mass is 10.2. The van der Waals surface area contributed by atoms with Gasteiger partial charge < -0.3 is 20.7 Å². The van der Waals surface area contributed by atoms with Crippen LogP contribution in [0.3, 0.4) is 0 Å². The predicted octanol–water partition coefficient (Wildman–Crippen LogP) is 3.75. The normalized spacial score (nSPS) is 11.4. The molecule has 0 aliphatic carbocycles. The largest absolute Gasteiger partial charge is 0.495 e. The molecule has 132 valence electrons. The van der Waals surface area contributed by atoms with E-state index in [2.05, 4.69) is 16.0 Å². The number of benzene rings is 2. The number of carbonyl (C=O) groups is 2. The summed E-state index contributed by atoms with van der Waals surface area (Å²) in [4.78, 5) is 23.5. The summed E-state index contributed by atoms with van der Waals surface area (Å²) in [5, 5.41) is 9.08. The van der Waals surface area contributed by atoms with Gasteiger partial charge in [0.2, 0.25) is 11.8 Å². The number of nitrogens with one attached hydrogen (secondary N) is 3. The smallest absolute Gasteiger partial charge is 0.246 e. The van der Waals surface area contributed by atoms with Crippen molar-refractivity contribution in [3.8, 4) is 5.75 Å². The maximum Gasteiger partial charge on any atom is 0.246 e. The molecule has 2 rings (SSSR count). The van der Waals surface area contributed by atoms with Crippen LogP contribution in [0.2, 0.25) is 5.02 Å². The van der Waals surface area contributed by atoms with Crippen molar-refractivity contribution < 1.29 is 14.3 Å². The second-order valence-electron chi connectivity index (χ2n) is 5.46. The van der Waals surface area contributed by atoms with E-state index in [-0.39, 0.29) is 11.8 Å². The van der Waals surface area contributed by atoms with Crippen LogP contribution in [-0.2, 0) is 9.59 Å². The highest BCUT2D eigenvalue weighted by Crippen LogP contribution is 2.28. The van der Waals surface area contributed by atoms with Crippen molar-refractivity contribution >= 4 is 40.5 Å². The SMILES string of the molecule is COc1ccc(Cl)cc1NC(=O)C(C)Nc1cccc(NC(C)=O)c1. The molecule has 0 saturated carbocycles. The molecule has 2 aromatic rings. The molecule has 0 fully saturated rings. The van der Waals surface area contributed by atoms with Crippen LogP contribution in [0.1, 0.15) is 13.8 Å². The molecule has 6 nitrogen and oxygen atoms in total. The topological polar surface area (TPSA) is 79.5 Å². The van der Waals surface area contributed by atoms with Crippen molar-refractivity contribution in [2.45, 2.75) is 19.9 Å². The van der Waals surface area contributed by atoms with Gasteiger partial charge in [0.25, 0.3) is 0 Å². The first kappa shape index (κ1) is 18.6. The van der Waals surface area contributed by atoms with E-state index in [0.29, 0.717) is 27.8 Å². The first-order valence-corrected chi connectivity index (χ1v) is 8.05. The second kappa shape index (κ2) is 8.39. The van der Waals surface area contributed by atoms with Crippen LogP contribution in [-0.4, -0.2) is 25.0 Å². The first-order chi connectivity index (χ1) is 11.9. The van der Waals surface area contributed by atoms with E-state index in [1.807, 2.05) is 6.07 Å². The van der Waals surface area contributed by atoms with Crippen LogP contribution >= 0.6 is 11.6 Å². The van der Waals surface area contributed by atoms with Gasteiger partial charge in [0.1, 0.15) is 11.8 Å². The van der Waals surface area contributed by atoms with Gasteiger partial charge >= 0.3 is 0 Å². The second-order valence-corrected chi connectivity index (χ2v) is 5.90. The van der Waals surface area contributed by atoms with Crippen LogP contribution < -0.4 is 20.7 Å². The van der Waals surface area contributed by atoms with Crippen molar-refractivity contribution in [1.82, 2.24) is 0 Å². The zero-order valence-electron chi connectivity index (χ0n) is 14.2. The number of rotatable bonds is 6. The molecule has 0 aromatic heterocycles. The maximum absolute atomic E-state index is 12.4. The van der Waals surface area contributed by atoms with Crippen molar-refractivity contribution in [3.63, 3.8) is 0 Å². The molecule has 2 amide bonds. The Hall–Kier alpha value is -2.73. The summed E-state index contributed by atoms with van der Waals surface area (Å²) >= 11 is 5.97. The third-order valence-corrected chi connectivity index (χ3v) is 3.61. The van der Waals surface area contributed by atoms with Gasteiger partial charge in [0.05, 0.1) is 12.8 Å². The van der Waals surface area contributed by atoms with Gasteiger partial charge in [-0.2, -0.15) is 0 Å². The Morgan fingerprint density at radius 3 is 2.48 bits per heavy atom. The van der Waals surface area contributed by atoms with Gasteiger partial charge in [-0.05, 0) is 43.3 Å². The number of carbonyl (C=O) groups excluding carboxylic acids is 2. The van der Waals surface area contributed by atoms with Gasteiger partial charge in [-0.15, -0.1) is 0 Å².